The van der Waals surface area contributed by atoms with E-state index in [2.05, 4.69) is 12.2 Å². The zero-order valence-electron chi connectivity index (χ0n) is 23.8. The summed E-state index contributed by atoms with van der Waals surface area (Å²) >= 11 is 0. The molecule has 40 heavy (non-hydrogen) atoms. The molecule has 0 unspecified atom stereocenters. The van der Waals surface area contributed by atoms with Crippen molar-refractivity contribution in [2.45, 2.75) is 58.5 Å². The molecule has 1 N–H and O–H groups in total. The number of rotatable bonds is 15. The van der Waals surface area contributed by atoms with Crippen LogP contribution in [0.15, 0.2) is 84.9 Å². The minimum absolute atomic E-state index is 0.109. The third-order valence-electron chi connectivity index (χ3n) is 6.90. The molecule has 0 aliphatic heterocycles. The first-order valence-corrected chi connectivity index (χ1v) is 15.7. The van der Waals surface area contributed by atoms with Gasteiger partial charge in [0.05, 0.1) is 11.9 Å². The summed E-state index contributed by atoms with van der Waals surface area (Å²) in [7, 11) is -3.53. The second kappa shape index (κ2) is 15.2. The number of sulfonamides is 1. The molecule has 1 atom stereocenters. The van der Waals surface area contributed by atoms with Crippen LogP contribution in [0, 0.1) is 6.92 Å². The number of hydrogen-bond acceptors (Lipinski definition) is 4. The molecule has 3 rings (SSSR count). The molecule has 0 saturated heterocycles. The van der Waals surface area contributed by atoms with Gasteiger partial charge in [0.25, 0.3) is 0 Å². The highest BCUT2D eigenvalue weighted by Crippen LogP contribution is 2.21. The summed E-state index contributed by atoms with van der Waals surface area (Å²) in [5, 5.41) is 3.04. The fourth-order valence-electron chi connectivity index (χ4n) is 4.63. The second-order valence-corrected chi connectivity index (χ2v) is 12.0. The average molecular weight is 564 g/mol. The molecule has 0 heterocycles. The Morgan fingerprint density at radius 1 is 0.875 bits per heavy atom. The van der Waals surface area contributed by atoms with Crippen LogP contribution in [-0.4, -0.2) is 50.5 Å². The Labute approximate surface area is 239 Å². The molecule has 3 aromatic rings. The van der Waals surface area contributed by atoms with Gasteiger partial charge >= 0.3 is 0 Å². The van der Waals surface area contributed by atoms with Gasteiger partial charge in [-0.2, -0.15) is 0 Å². The van der Waals surface area contributed by atoms with Gasteiger partial charge in [-0.1, -0.05) is 86.1 Å². The average Bonchev–Trinajstić information content (AvgIpc) is 2.94. The molecular formula is C32H41N3O4S. The van der Waals surface area contributed by atoms with Crippen molar-refractivity contribution in [3.8, 4) is 0 Å². The highest BCUT2D eigenvalue weighted by atomic mass is 32.2. The van der Waals surface area contributed by atoms with Gasteiger partial charge in [-0.25, -0.2) is 8.42 Å². The summed E-state index contributed by atoms with van der Waals surface area (Å²) in [5.41, 5.74) is 3.54. The standard InChI is InChI=1S/C32H41N3O4S/c1-4-5-22-33-32(37)30(24-27-16-8-6-9-17-27)34(25-28-18-13-12-15-26(28)2)31(36)21-14-23-35(40(3,38)39)29-19-10-7-11-20-29/h6-13,15-20,30H,4-5,14,21-25H2,1-3H3,(H,33,37)/t30-/m0/s1. The molecule has 3 aromatic carbocycles. The first kappa shape index (κ1) is 30.9. The largest absolute Gasteiger partial charge is 0.354 e. The highest BCUT2D eigenvalue weighted by Gasteiger charge is 2.30. The number of hydrogen-bond donors (Lipinski definition) is 1. The van der Waals surface area contributed by atoms with Crippen LogP contribution in [0.1, 0.15) is 49.3 Å². The number of nitrogens with one attached hydrogen (secondary N) is 1. The fourth-order valence-corrected chi connectivity index (χ4v) is 5.59. The Morgan fingerprint density at radius 2 is 1.50 bits per heavy atom. The number of para-hydroxylation sites is 1. The minimum Gasteiger partial charge on any atom is -0.354 e. The number of amides is 2. The first-order valence-electron chi connectivity index (χ1n) is 13.9. The van der Waals surface area contributed by atoms with E-state index in [-0.39, 0.29) is 24.8 Å². The van der Waals surface area contributed by atoms with Crippen LogP contribution >= 0.6 is 0 Å². The lowest BCUT2D eigenvalue weighted by Crippen LogP contribution is -2.50. The van der Waals surface area contributed by atoms with Crippen molar-refractivity contribution in [3.05, 3.63) is 102 Å². The van der Waals surface area contributed by atoms with Gasteiger partial charge in [0.2, 0.25) is 21.8 Å². The monoisotopic (exact) mass is 563 g/mol. The molecule has 0 bridgehead atoms. The topological polar surface area (TPSA) is 86.8 Å². The van der Waals surface area contributed by atoms with Crippen LogP contribution < -0.4 is 9.62 Å². The fraction of sp³-hybridized carbons (Fsp3) is 0.375. The third kappa shape index (κ3) is 9.23. The SMILES string of the molecule is CCCCNC(=O)[C@H](Cc1ccccc1)N(Cc1ccccc1C)C(=O)CCCN(c1ccccc1)S(C)(=O)=O. The smallest absolute Gasteiger partial charge is 0.243 e. The molecule has 0 spiro atoms. The lowest BCUT2D eigenvalue weighted by molar-refractivity contribution is -0.141. The van der Waals surface area contributed by atoms with Crippen LogP contribution in [0.25, 0.3) is 0 Å². The van der Waals surface area contributed by atoms with Crippen molar-refractivity contribution in [2.24, 2.45) is 0 Å². The van der Waals surface area contributed by atoms with Gasteiger partial charge < -0.3 is 10.2 Å². The normalized spacial score (nSPS) is 12.0. The summed E-state index contributed by atoms with van der Waals surface area (Å²) in [6, 6.07) is 25.7. The molecule has 0 aliphatic carbocycles. The van der Waals surface area contributed by atoms with E-state index in [1.807, 2.05) is 67.6 Å². The Balaban J connectivity index is 1.87. The molecule has 8 heteroatoms. The van der Waals surface area contributed by atoms with Crippen LogP contribution in [-0.2, 0) is 32.6 Å². The van der Waals surface area contributed by atoms with E-state index in [4.69, 9.17) is 0 Å². The summed E-state index contributed by atoms with van der Waals surface area (Å²) in [6.45, 7) is 5.07. The Morgan fingerprint density at radius 3 is 2.12 bits per heavy atom. The van der Waals surface area contributed by atoms with Crippen molar-refractivity contribution < 1.29 is 18.0 Å². The Bertz CT molecular complexity index is 1330. The molecule has 7 nitrogen and oxygen atoms in total. The molecule has 0 fully saturated rings. The van der Waals surface area contributed by atoms with E-state index < -0.39 is 16.1 Å². The molecule has 0 aromatic heterocycles. The third-order valence-corrected chi connectivity index (χ3v) is 8.09. The minimum atomic E-state index is -3.53. The number of benzene rings is 3. The molecule has 2 amide bonds. The van der Waals surface area contributed by atoms with E-state index in [0.29, 0.717) is 31.6 Å². The molecule has 0 aliphatic rings. The van der Waals surface area contributed by atoms with E-state index in [1.165, 1.54) is 10.6 Å². The molecular weight excluding hydrogens is 522 g/mol. The summed E-state index contributed by atoms with van der Waals surface area (Å²) in [4.78, 5) is 29.1. The van der Waals surface area contributed by atoms with Gasteiger partial charge in [-0.3, -0.25) is 13.9 Å². The number of anilines is 1. The predicted molar refractivity (Wildman–Crippen MR) is 161 cm³/mol. The number of unbranched alkanes of at least 4 members (excludes halogenated alkanes) is 1. The van der Waals surface area contributed by atoms with Gasteiger partial charge in [0.15, 0.2) is 0 Å². The Kier molecular flexibility index (Phi) is 11.8. The van der Waals surface area contributed by atoms with Gasteiger partial charge in [-0.05, 0) is 48.6 Å². The number of nitrogens with zero attached hydrogens (tertiary/aromatic N) is 2. The maximum Gasteiger partial charge on any atom is 0.243 e. The second-order valence-electron chi connectivity index (χ2n) is 10.1. The van der Waals surface area contributed by atoms with Crippen molar-refractivity contribution >= 4 is 27.5 Å². The van der Waals surface area contributed by atoms with Crippen LogP contribution in [0.3, 0.4) is 0 Å². The number of carbonyl (C=O) groups is 2. The highest BCUT2D eigenvalue weighted by molar-refractivity contribution is 7.92. The van der Waals surface area contributed by atoms with E-state index in [0.717, 1.165) is 29.5 Å². The van der Waals surface area contributed by atoms with E-state index in [1.54, 1.807) is 29.2 Å². The molecule has 0 saturated carbocycles. The summed E-state index contributed by atoms with van der Waals surface area (Å²) in [5.74, 6) is -0.363. The van der Waals surface area contributed by atoms with Crippen molar-refractivity contribution in [2.75, 3.05) is 23.7 Å². The zero-order valence-corrected chi connectivity index (χ0v) is 24.6. The maximum absolute atomic E-state index is 13.9. The number of aryl methyl sites for hydroxylation is 1. The van der Waals surface area contributed by atoms with Crippen molar-refractivity contribution in [1.29, 1.82) is 0 Å². The maximum atomic E-state index is 13.9. The summed E-state index contributed by atoms with van der Waals surface area (Å²) in [6.07, 6.45) is 3.79. The van der Waals surface area contributed by atoms with Crippen molar-refractivity contribution in [1.82, 2.24) is 10.2 Å². The van der Waals surface area contributed by atoms with Crippen molar-refractivity contribution in [3.63, 3.8) is 0 Å². The lowest BCUT2D eigenvalue weighted by atomic mass is 10.0. The van der Waals surface area contributed by atoms with Gasteiger partial charge in [-0.15, -0.1) is 0 Å². The predicted octanol–water partition coefficient (Wildman–Crippen LogP) is 5.10. The van der Waals surface area contributed by atoms with Crippen LogP contribution in [0.2, 0.25) is 0 Å². The van der Waals surface area contributed by atoms with Gasteiger partial charge in [0.1, 0.15) is 6.04 Å². The first-order chi connectivity index (χ1) is 19.2. The lowest BCUT2D eigenvalue weighted by Gasteiger charge is -2.32. The van der Waals surface area contributed by atoms with Gasteiger partial charge in [0, 0.05) is 32.5 Å². The number of carbonyl (C=O) groups excluding carboxylic acids is 2. The molecule has 214 valence electrons. The van der Waals surface area contributed by atoms with Crippen LogP contribution in [0.4, 0.5) is 5.69 Å². The molecule has 0 radical (unpaired) electrons. The Hall–Kier alpha value is -3.65. The van der Waals surface area contributed by atoms with Crippen LogP contribution in [0.5, 0.6) is 0 Å². The quantitative estimate of drug-likeness (QED) is 0.261. The van der Waals surface area contributed by atoms with E-state index in [9.17, 15) is 18.0 Å². The zero-order chi connectivity index (χ0) is 29.0. The van der Waals surface area contributed by atoms with E-state index >= 15 is 0 Å². The summed E-state index contributed by atoms with van der Waals surface area (Å²) < 4.78 is 26.4.